The molecule has 6 heteroatoms. The second kappa shape index (κ2) is 7.32. The van der Waals surface area contributed by atoms with E-state index in [0.717, 1.165) is 12.0 Å². The molecule has 0 fully saturated rings. The van der Waals surface area contributed by atoms with Gasteiger partial charge in [-0.2, -0.15) is 0 Å². The predicted molar refractivity (Wildman–Crippen MR) is 102 cm³/mol. The first-order chi connectivity index (χ1) is 13.1. The zero-order chi connectivity index (χ0) is 20.8. The summed E-state index contributed by atoms with van der Waals surface area (Å²) >= 11 is 0. The minimum absolute atomic E-state index is 0.0596. The maximum absolute atomic E-state index is 13.1. The molecule has 152 valence electrons. The van der Waals surface area contributed by atoms with Crippen molar-refractivity contribution in [3.8, 4) is 0 Å². The van der Waals surface area contributed by atoms with Crippen LogP contribution >= 0.6 is 0 Å². The van der Waals surface area contributed by atoms with Gasteiger partial charge in [0.1, 0.15) is 5.76 Å². The van der Waals surface area contributed by atoms with Gasteiger partial charge in [-0.1, -0.05) is 18.1 Å². The SMILES string of the molecule is CC(=O)OCCCC1=C(O)C2=C(C(=O)C1=O)[C@@]1(C)CCC(C)=C(C)[C@@H]1[C@H](O)C2. The summed E-state index contributed by atoms with van der Waals surface area (Å²) < 4.78 is 4.87. The first-order valence-corrected chi connectivity index (χ1v) is 9.82. The van der Waals surface area contributed by atoms with Crippen LogP contribution in [-0.4, -0.2) is 40.5 Å². The second-order valence-corrected chi connectivity index (χ2v) is 8.41. The van der Waals surface area contributed by atoms with Crippen molar-refractivity contribution >= 4 is 17.5 Å². The Morgan fingerprint density at radius 1 is 1.25 bits per heavy atom. The van der Waals surface area contributed by atoms with E-state index in [2.05, 4.69) is 0 Å². The molecule has 0 radical (unpaired) electrons. The van der Waals surface area contributed by atoms with Crippen LogP contribution in [0.25, 0.3) is 0 Å². The summed E-state index contributed by atoms with van der Waals surface area (Å²) in [5.74, 6) is -2.07. The van der Waals surface area contributed by atoms with Crippen molar-refractivity contribution in [3.63, 3.8) is 0 Å². The third kappa shape index (κ3) is 3.13. The van der Waals surface area contributed by atoms with E-state index in [1.54, 1.807) is 0 Å². The topological polar surface area (TPSA) is 101 Å². The fourth-order valence-corrected chi connectivity index (χ4v) is 5.16. The number of allylic oxidation sites excluding steroid dienone is 4. The lowest BCUT2D eigenvalue weighted by atomic mass is 9.53. The van der Waals surface area contributed by atoms with Gasteiger partial charge in [-0.3, -0.25) is 14.4 Å². The van der Waals surface area contributed by atoms with Gasteiger partial charge in [-0.15, -0.1) is 0 Å². The summed E-state index contributed by atoms with van der Waals surface area (Å²) in [6.45, 7) is 7.36. The minimum Gasteiger partial charge on any atom is -0.507 e. The number of aliphatic hydroxyl groups excluding tert-OH is 2. The van der Waals surface area contributed by atoms with Gasteiger partial charge in [0, 0.05) is 41.4 Å². The summed E-state index contributed by atoms with van der Waals surface area (Å²) in [6, 6.07) is 0. The van der Waals surface area contributed by atoms with Crippen molar-refractivity contribution in [3.05, 3.63) is 33.6 Å². The Hall–Kier alpha value is -2.21. The highest BCUT2D eigenvalue weighted by atomic mass is 16.5. The van der Waals surface area contributed by atoms with Crippen LogP contribution in [0.3, 0.4) is 0 Å². The highest BCUT2D eigenvalue weighted by Gasteiger charge is 2.54. The molecular weight excluding hydrogens is 360 g/mol. The zero-order valence-electron chi connectivity index (χ0n) is 16.9. The molecular formula is C22H28O6. The van der Waals surface area contributed by atoms with Gasteiger partial charge in [-0.05, 0) is 39.5 Å². The number of ether oxygens (including phenoxy) is 1. The maximum atomic E-state index is 13.1. The van der Waals surface area contributed by atoms with Crippen molar-refractivity contribution in [2.45, 2.75) is 65.9 Å². The highest BCUT2D eigenvalue weighted by molar-refractivity contribution is 6.50. The van der Waals surface area contributed by atoms with Crippen LogP contribution in [0.1, 0.15) is 59.8 Å². The summed E-state index contributed by atoms with van der Waals surface area (Å²) in [5, 5.41) is 21.7. The molecule has 0 amide bonds. The Balaban J connectivity index is 2.01. The lowest BCUT2D eigenvalue weighted by molar-refractivity contribution is -0.141. The number of Topliss-reactive ketones (excluding diaryl/α,β-unsaturated/α-hetero) is 2. The quantitative estimate of drug-likeness (QED) is 0.252. The van der Waals surface area contributed by atoms with E-state index in [-0.39, 0.29) is 36.7 Å². The van der Waals surface area contributed by atoms with Crippen molar-refractivity contribution in [1.82, 2.24) is 0 Å². The Labute approximate surface area is 165 Å². The summed E-state index contributed by atoms with van der Waals surface area (Å²) in [7, 11) is 0. The van der Waals surface area contributed by atoms with Crippen molar-refractivity contribution < 1.29 is 29.3 Å². The molecule has 3 rings (SSSR count). The molecule has 0 unspecified atom stereocenters. The van der Waals surface area contributed by atoms with Crippen molar-refractivity contribution in [2.75, 3.05) is 6.61 Å². The van der Waals surface area contributed by atoms with Crippen molar-refractivity contribution in [2.24, 2.45) is 11.3 Å². The molecule has 0 heterocycles. The van der Waals surface area contributed by atoms with Gasteiger partial charge in [0.2, 0.25) is 11.6 Å². The second-order valence-electron chi connectivity index (χ2n) is 8.41. The molecule has 0 aliphatic heterocycles. The van der Waals surface area contributed by atoms with Crippen LogP contribution < -0.4 is 0 Å². The molecule has 6 nitrogen and oxygen atoms in total. The maximum Gasteiger partial charge on any atom is 0.302 e. The molecule has 0 aromatic heterocycles. The van der Waals surface area contributed by atoms with E-state index in [1.165, 1.54) is 12.5 Å². The largest absolute Gasteiger partial charge is 0.507 e. The van der Waals surface area contributed by atoms with Crippen LogP contribution in [0.2, 0.25) is 0 Å². The van der Waals surface area contributed by atoms with E-state index >= 15 is 0 Å². The van der Waals surface area contributed by atoms with Crippen LogP contribution in [0.4, 0.5) is 0 Å². The first-order valence-electron chi connectivity index (χ1n) is 9.82. The average Bonchev–Trinajstić information content (AvgIpc) is 2.62. The molecule has 0 spiro atoms. The molecule has 2 N–H and O–H groups in total. The van der Waals surface area contributed by atoms with Crippen LogP contribution in [0.5, 0.6) is 0 Å². The molecule has 3 aliphatic rings. The highest BCUT2D eigenvalue weighted by Crippen LogP contribution is 2.57. The fourth-order valence-electron chi connectivity index (χ4n) is 5.16. The predicted octanol–water partition coefficient (Wildman–Crippen LogP) is 3.11. The van der Waals surface area contributed by atoms with E-state index in [0.29, 0.717) is 24.0 Å². The van der Waals surface area contributed by atoms with Gasteiger partial charge in [0.15, 0.2) is 0 Å². The Bertz CT molecular complexity index is 843. The zero-order valence-corrected chi connectivity index (χ0v) is 16.9. The van der Waals surface area contributed by atoms with Gasteiger partial charge in [0.05, 0.1) is 12.7 Å². The van der Waals surface area contributed by atoms with E-state index in [9.17, 15) is 24.6 Å². The van der Waals surface area contributed by atoms with Crippen molar-refractivity contribution in [1.29, 1.82) is 0 Å². The number of hydrogen-bond donors (Lipinski definition) is 2. The smallest absolute Gasteiger partial charge is 0.302 e. The lowest BCUT2D eigenvalue weighted by Gasteiger charge is -2.50. The number of rotatable bonds is 4. The summed E-state index contributed by atoms with van der Waals surface area (Å²) in [5.41, 5.74) is 2.46. The standard InChI is InChI=1S/C22H28O6/c1-11-7-8-22(4)17(12(11)2)16(24)10-15-18(22)21(27)20(26)14(19(15)25)6-5-9-28-13(3)23/h16-17,24-25H,5-10H2,1-4H3/t16-,17-,22+/m1/s1. The number of esters is 1. The summed E-state index contributed by atoms with van der Waals surface area (Å²) in [6.07, 6.45) is 1.37. The number of fused-ring (bicyclic) bond motifs is 2. The molecule has 0 saturated carbocycles. The van der Waals surface area contributed by atoms with Crippen LogP contribution in [0.15, 0.2) is 33.6 Å². The molecule has 0 aromatic carbocycles. The van der Waals surface area contributed by atoms with Gasteiger partial charge >= 0.3 is 5.97 Å². The lowest BCUT2D eigenvalue weighted by Crippen LogP contribution is -2.49. The third-order valence-corrected chi connectivity index (χ3v) is 6.67. The molecule has 28 heavy (non-hydrogen) atoms. The monoisotopic (exact) mass is 388 g/mol. The number of carbonyl (C=O) groups excluding carboxylic acids is 3. The molecule has 0 aromatic rings. The molecule has 3 aliphatic carbocycles. The van der Waals surface area contributed by atoms with Crippen LogP contribution in [0, 0.1) is 11.3 Å². The Kier molecular flexibility index (Phi) is 5.36. The number of aliphatic hydroxyl groups is 2. The molecule has 3 atom stereocenters. The average molecular weight is 388 g/mol. The van der Waals surface area contributed by atoms with E-state index in [1.807, 2.05) is 20.8 Å². The van der Waals surface area contributed by atoms with Gasteiger partial charge < -0.3 is 14.9 Å². The number of hydrogen-bond acceptors (Lipinski definition) is 6. The molecule has 0 bridgehead atoms. The van der Waals surface area contributed by atoms with E-state index in [4.69, 9.17) is 4.74 Å². The first kappa shape index (κ1) is 20.5. The molecule has 0 saturated heterocycles. The third-order valence-electron chi connectivity index (χ3n) is 6.67. The Morgan fingerprint density at radius 3 is 2.57 bits per heavy atom. The summed E-state index contributed by atoms with van der Waals surface area (Å²) in [4.78, 5) is 36.7. The Morgan fingerprint density at radius 2 is 1.93 bits per heavy atom. The van der Waals surface area contributed by atoms with E-state index < -0.39 is 29.1 Å². The minimum atomic E-state index is -0.718. The van der Waals surface area contributed by atoms with Gasteiger partial charge in [-0.25, -0.2) is 0 Å². The number of ketones is 2. The van der Waals surface area contributed by atoms with Gasteiger partial charge in [0.25, 0.3) is 0 Å². The fraction of sp³-hybridized carbons (Fsp3) is 0.591. The van der Waals surface area contributed by atoms with Crippen LogP contribution in [-0.2, 0) is 19.1 Å². The number of carbonyl (C=O) groups is 3. The normalized spacial score (nSPS) is 30.5.